The van der Waals surface area contributed by atoms with Crippen molar-refractivity contribution in [1.29, 1.82) is 0 Å². The summed E-state index contributed by atoms with van der Waals surface area (Å²) in [6.07, 6.45) is 3.92. The number of rotatable bonds is 6. The van der Waals surface area contributed by atoms with Crippen molar-refractivity contribution in [3.63, 3.8) is 0 Å². The lowest BCUT2D eigenvalue weighted by Gasteiger charge is -2.23. The fourth-order valence-electron chi connectivity index (χ4n) is 3.60. The Balaban J connectivity index is 1.64. The summed E-state index contributed by atoms with van der Waals surface area (Å²) >= 11 is 0. The molecule has 1 nitrogen and oxygen atoms in total. The molecular formula is C26H23N. The Kier molecular flexibility index (Phi) is 4.86. The molecule has 2 atom stereocenters. The highest BCUT2D eigenvalue weighted by molar-refractivity contribution is 5.84. The van der Waals surface area contributed by atoms with Crippen LogP contribution in [0.1, 0.15) is 23.2 Å². The largest absolute Gasteiger partial charge is 0.296 e. The molecule has 0 saturated carbocycles. The van der Waals surface area contributed by atoms with E-state index in [1.54, 1.807) is 0 Å². The van der Waals surface area contributed by atoms with Crippen LogP contribution in [0.25, 0.3) is 21.5 Å². The predicted molar refractivity (Wildman–Crippen MR) is 117 cm³/mol. The van der Waals surface area contributed by atoms with Gasteiger partial charge >= 0.3 is 0 Å². The molecule has 27 heavy (non-hydrogen) atoms. The van der Waals surface area contributed by atoms with Crippen molar-refractivity contribution >= 4 is 21.5 Å². The molecule has 0 radical (unpaired) electrons. The van der Waals surface area contributed by atoms with E-state index in [9.17, 15) is 0 Å². The lowest BCUT2D eigenvalue weighted by atomic mass is 9.98. The van der Waals surface area contributed by atoms with Crippen molar-refractivity contribution in [3.05, 3.63) is 121 Å². The minimum Gasteiger partial charge on any atom is -0.296 e. The SMILES string of the molecule is C=C[C@H](N[C@@H](C=C)c1ccc2ccccc2c1)c1ccc2ccccc2c1. The summed E-state index contributed by atoms with van der Waals surface area (Å²) in [4.78, 5) is 0. The minimum absolute atomic E-state index is 0.0454. The van der Waals surface area contributed by atoms with Gasteiger partial charge in [-0.05, 0) is 44.8 Å². The van der Waals surface area contributed by atoms with Crippen LogP contribution in [-0.4, -0.2) is 0 Å². The van der Waals surface area contributed by atoms with Crippen molar-refractivity contribution in [3.8, 4) is 0 Å². The van der Waals surface area contributed by atoms with Gasteiger partial charge in [-0.1, -0.05) is 84.9 Å². The van der Waals surface area contributed by atoms with E-state index in [0.717, 1.165) is 0 Å². The van der Waals surface area contributed by atoms with Crippen LogP contribution in [-0.2, 0) is 0 Å². The van der Waals surface area contributed by atoms with Crippen molar-refractivity contribution in [2.75, 3.05) is 0 Å². The Morgan fingerprint density at radius 2 is 0.963 bits per heavy atom. The van der Waals surface area contributed by atoms with E-state index >= 15 is 0 Å². The second-order valence-corrected chi connectivity index (χ2v) is 6.81. The standard InChI is InChI=1S/C26H23N/c1-3-25(23-15-13-19-9-5-7-11-21(19)17-23)27-26(4-2)24-16-14-20-10-6-8-12-22(20)18-24/h3-18,25-27H,1-2H2/t25-,26-/m0/s1. The second kappa shape index (κ2) is 7.61. The fourth-order valence-corrected chi connectivity index (χ4v) is 3.60. The molecule has 0 aromatic heterocycles. The first-order chi connectivity index (χ1) is 13.3. The van der Waals surface area contributed by atoms with Crippen molar-refractivity contribution in [1.82, 2.24) is 5.32 Å². The van der Waals surface area contributed by atoms with Crippen LogP contribution in [0.2, 0.25) is 0 Å². The van der Waals surface area contributed by atoms with Gasteiger partial charge in [0.2, 0.25) is 0 Å². The molecule has 0 aliphatic rings. The van der Waals surface area contributed by atoms with E-state index in [0.29, 0.717) is 0 Å². The maximum Gasteiger partial charge on any atom is 0.0510 e. The average Bonchev–Trinajstić information content (AvgIpc) is 2.74. The molecule has 132 valence electrons. The van der Waals surface area contributed by atoms with Crippen LogP contribution < -0.4 is 5.32 Å². The first-order valence-corrected chi connectivity index (χ1v) is 9.27. The highest BCUT2D eigenvalue weighted by atomic mass is 14.9. The summed E-state index contributed by atoms with van der Waals surface area (Å²) < 4.78 is 0. The minimum atomic E-state index is 0.0454. The van der Waals surface area contributed by atoms with Crippen LogP contribution >= 0.6 is 0 Å². The molecule has 0 bridgehead atoms. The molecular weight excluding hydrogens is 326 g/mol. The number of fused-ring (bicyclic) bond motifs is 2. The van der Waals surface area contributed by atoms with Crippen LogP contribution in [0.3, 0.4) is 0 Å². The summed E-state index contributed by atoms with van der Waals surface area (Å²) in [5.74, 6) is 0. The molecule has 0 fully saturated rings. The Hall–Kier alpha value is -3.16. The Labute approximate surface area is 160 Å². The fraction of sp³-hybridized carbons (Fsp3) is 0.0769. The van der Waals surface area contributed by atoms with Gasteiger partial charge in [-0.15, -0.1) is 13.2 Å². The second-order valence-electron chi connectivity index (χ2n) is 6.81. The molecule has 4 rings (SSSR count). The van der Waals surface area contributed by atoms with E-state index in [4.69, 9.17) is 0 Å². The zero-order valence-electron chi connectivity index (χ0n) is 15.3. The monoisotopic (exact) mass is 349 g/mol. The Morgan fingerprint density at radius 3 is 1.37 bits per heavy atom. The molecule has 4 aromatic rings. The van der Waals surface area contributed by atoms with Gasteiger partial charge < -0.3 is 0 Å². The maximum absolute atomic E-state index is 4.05. The Bertz CT molecular complexity index is 1020. The third-order valence-electron chi connectivity index (χ3n) is 5.10. The van der Waals surface area contributed by atoms with E-state index < -0.39 is 0 Å². The summed E-state index contributed by atoms with van der Waals surface area (Å²) in [5.41, 5.74) is 2.41. The smallest absolute Gasteiger partial charge is 0.0510 e. The molecule has 0 aliphatic carbocycles. The zero-order chi connectivity index (χ0) is 18.6. The highest BCUT2D eigenvalue weighted by Crippen LogP contribution is 2.26. The Morgan fingerprint density at radius 1 is 0.556 bits per heavy atom. The van der Waals surface area contributed by atoms with Gasteiger partial charge in [-0.2, -0.15) is 0 Å². The molecule has 4 aromatic carbocycles. The topological polar surface area (TPSA) is 12.0 Å². The van der Waals surface area contributed by atoms with E-state index in [1.807, 2.05) is 12.2 Å². The lowest BCUT2D eigenvalue weighted by molar-refractivity contribution is 0.566. The number of hydrogen-bond donors (Lipinski definition) is 1. The first-order valence-electron chi connectivity index (χ1n) is 9.27. The van der Waals surface area contributed by atoms with Gasteiger partial charge in [0.1, 0.15) is 0 Å². The van der Waals surface area contributed by atoms with Gasteiger partial charge in [0.05, 0.1) is 12.1 Å². The van der Waals surface area contributed by atoms with Crippen LogP contribution in [0.4, 0.5) is 0 Å². The van der Waals surface area contributed by atoms with Gasteiger partial charge in [0.15, 0.2) is 0 Å². The number of nitrogens with one attached hydrogen (secondary N) is 1. The van der Waals surface area contributed by atoms with Crippen molar-refractivity contribution in [2.24, 2.45) is 0 Å². The van der Waals surface area contributed by atoms with E-state index in [2.05, 4.69) is 103 Å². The van der Waals surface area contributed by atoms with Gasteiger partial charge in [-0.3, -0.25) is 5.32 Å². The zero-order valence-corrected chi connectivity index (χ0v) is 15.3. The average molecular weight is 349 g/mol. The molecule has 0 aliphatic heterocycles. The molecule has 0 heterocycles. The van der Waals surface area contributed by atoms with Gasteiger partial charge in [0.25, 0.3) is 0 Å². The quantitative estimate of drug-likeness (QED) is 0.380. The molecule has 1 heteroatoms. The molecule has 0 saturated heterocycles. The maximum atomic E-state index is 4.05. The van der Waals surface area contributed by atoms with Crippen molar-refractivity contribution in [2.45, 2.75) is 12.1 Å². The third-order valence-corrected chi connectivity index (χ3v) is 5.10. The van der Waals surface area contributed by atoms with E-state index in [-0.39, 0.29) is 12.1 Å². The number of benzene rings is 4. The first kappa shape index (κ1) is 17.3. The van der Waals surface area contributed by atoms with Crippen LogP contribution in [0, 0.1) is 0 Å². The predicted octanol–water partition coefficient (Wildman–Crippen LogP) is 6.74. The van der Waals surface area contributed by atoms with Crippen LogP contribution in [0.15, 0.2) is 110 Å². The summed E-state index contributed by atoms with van der Waals surface area (Å²) in [5, 5.41) is 8.66. The molecule has 0 spiro atoms. The van der Waals surface area contributed by atoms with Crippen molar-refractivity contribution < 1.29 is 0 Å². The summed E-state index contributed by atoms with van der Waals surface area (Å²) in [7, 11) is 0. The lowest BCUT2D eigenvalue weighted by Crippen LogP contribution is -2.23. The normalized spacial score (nSPS) is 13.3. The highest BCUT2D eigenvalue weighted by Gasteiger charge is 2.14. The van der Waals surface area contributed by atoms with Gasteiger partial charge in [0, 0.05) is 0 Å². The molecule has 1 N–H and O–H groups in total. The number of hydrogen-bond acceptors (Lipinski definition) is 1. The van der Waals surface area contributed by atoms with Gasteiger partial charge in [-0.25, -0.2) is 0 Å². The molecule has 0 amide bonds. The summed E-state index contributed by atoms with van der Waals surface area (Å²) in [6.45, 7) is 8.10. The van der Waals surface area contributed by atoms with Crippen LogP contribution in [0.5, 0.6) is 0 Å². The molecule has 0 unspecified atom stereocenters. The third kappa shape index (κ3) is 3.55. The van der Waals surface area contributed by atoms with E-state index in [1.165, 1.54) is 32.7 Å². The summed E-state index contributed by atoms with van der Waals surface area (Å²) in [6, 6.07) is 30.1.